The first-order valence-corrected chi connectivity index (χ1v) is 11.0. The molecule has 0 spiro atoms. The largest absolute Gasteiger partial charge is 0.389 e. The standard InChI is InChI=1S/3C8H10O.C2H6N2.V/c3*1-7(9)8-5-3-2-4-6-8;1-4(2)3;/h3*2-7,9H,1H3;1-2H3;/t3*7-;;/m111../s1. The van der Waals surface area contributed by atoms with Crippen molar-refractivity contribution in [2.45, 2.75) is 39.1 Å². The van der Waals surface area contributed by atoms with Crippen LogP contribution in [0, 0.1) is 0 Å². The van der Waals surface area contributed by atoms with Crippen LogP contribution in [0.2, 0.25) is 0 Å². The summed E-state index contributed by atoms with van der Waals surface area (Å²) < 4.78 is 3.66. The molecular weight excluding hydrogens is 439 g/mol. The molecule has 0 amide bonds. The van der Waals surface area contributed by atoms with E-state index in [1.165, 1.54) is 0 Å². The molecule has 0 heterocycles. The number of aliphatic hydroxyl groups excluding tert-OH is 3. The minimum absolute atomic E-state index is 0.341. The summed E-state index contributed by atoms with van der Waals surface area (Å²) >= 11 is 2.12. The van der Waals surface area contributed by atoms with Gasteiger partial charge in [-0.05, 0) is 37.5 Å². The maximum atomic E-state index is 9.02. The van der Waals surface area contributed by atoms with Gasteiger partial charge in [0.1, 0.15) is 0 Å². The topological polar surface area (TPSA) is 76.3 Å². The molecule has 3 rings (SSSR count). The second-order valence-electron chi connectivity index (χ2n) is 7.20. The summed E-state index contributed by atoms with van der Waals surface area (Å²) in [6, 6.07) is 28.8. The molecule has 5 nitrogen and oxygen atoms in total. The Morgan fingerprint density at radius 3 is 0.844 bits per heavy atom. The Labute approximate surface area is 202 Å². The minimum atomic E-state index is -0.341. The molecule has 0 saturated heterocycles. The van der Waals surface area contributed by atoms with Gasteiger partial charge >= 0.3 is 40.2 Å². The SMILES string of the molecule is CN(C)[N]=[V].C[C@@H](O)c1ccccc1.C[C@@H](O)c1ccccc1.C[C@@H](O)c1ccccc1. The third-order valence-electron chi connectivity index (χ3n) is 4.02. The van der Waals surface area contributed by atoms with Crippen molar-refractivity contribution >= 4 is 0 Å². The number of hydrogen-bond donors (Lipinski definition) is 3. The molecule has 173 valence electrons. The molecule has 0 aliphatic carbocycles. The molecule has 0 aromatic heterocycles. The zero-order chi connectivity index (χ0) is 24.4. The molecule has 0 saturated carbocycles. The van der Waals surface area contributed by atoms with E-state index < -0.39 is 0 Å². The Kier molecular flexibility index (Phi) is 17.2. The van der Waals surface area contributed by atoms with E-state index in [0.29, 0.717) is 0 Å². The van der Waals surface area contributed by atoms with E-state index in [1.807, 2.05) is 105 Å². The van der Waals surface area contributed by atoms with Gasteiger partial charge in [0.2, 0.25) is 0 Å². The molecule has 32 heavy (non-hydrogen) atoms. The van der Waals surface area contributed by atoms with E-state index in [-0.39, 0.29) is 18.3 Å². The van der Waals surface area contributed by atoms with Crippen LogP contribution in [0.4, 0.5) is 0 Å². The van der Waals surface area contributed by atoms with Gasteiger partial charge in [-0.1, -0.05) is 91.0 Å². The zero-order valence-electron chi connectivity index (χ0n) is 19.6. The third kappa shape index (κ3) is 15.7. The Morgan fingerprint density at radius 1 is 0.562 bits per heavy atom. The van der Waals surface area contributed by atoms with E-state index in [2.05, 4.69) is 21.1 Å². The van der Waals surface area contributed by atoms with Crippen LogP contribution in [0.1, 0.15) is 55.8 Å². The summed E-state index contributed by atoms with van der Waals surface area (Å²) in [5, 5.41) is 28.8. The Hall–Kier alpha value is -2.12. The van der Waals surface area contributed by atoms with Gasteiger partial charge in [0.15, 0.2) is 0 Å². The summed E-state index contributed by atoms with van der Waals surface area (Å²) in [4.78, 5) is 0. The van der Waals surface area contributed by atoms with Gasteiger partial charge < -0.3 is 15.3 Å². The summed E-state index contributed by atoms with van der Waals surface area (Å²) in [5.74, 6) is 0. The van der Waals surface area contributed by atoms with Crippen LogP contribution in [0.15, 0.2) is 94.9 Å². The molecule has 0 fully saturated rings. The molecule has 3 aromatic rings. The van der Waals surface area contributed by atoms with E-state index in [1.54, 1.807) is 25.8 Å². The molecule has 0 unspecified atom stereocenters. The van der Waals surface area contributed by atoms with Gasteiger partial charge in [0.05, 0.1) is 18.3 Å². The summed E-state index contributed by atoms with van der Waals surface area (Å²) in [6.07, 6.45) is -1.02. The van der Waals surface area contributed by atoms with Gasteiger partial charge in [0, 0.05) is 0 Å². The average Bonchev–Trinajstić information content (AvgIpc) is 2.82. The van der Waals surface area contributed by atoms with Crippen molar-refractivity contribution in [3.63, 3.8) is 0 Å². The molecule has 0 bridgehead atoms. The van der Waals surface area contributed by atoms with Crippen LogP contribution in [0.25, 0.3) is 0 Å². The monoisotopic (exact) mass is 475 g/mol. The van der Waals surface area contributed by atoms with Crippen molar-refractivity contribution < 1.29 is 32.6 Å². The number of aliphatic hydroxyl groups is 3. The van der Waals surface area contributed by atoms with Crippen LogP contribution >= 0.6 is 0 Å². The van der Waals surface area contributed by atoms with Crippen LogP contribution in [-0.2, 0) is 17.2 Å². The van der Waals surface area contributed by atoms with Crippen molar-refractivity contribution in [3.8, 4) is 0 Å². The van der Waals surface area contributed by atoms with Crippen molar-refractivity contribution in [1.82, 2.24) is 5.01 Å². The fourth-order valence-electron chi connectivity index (χ4n) is 2.19. The van der Waals surface area contributed by atoms with Crippen molar-refractivity contribution in [3.05, 3.63) is 108 Å². The van der Waals surface area contributed by atoms with Crippen LogP contribution in [0.3, 0.4) is 0 Å². The maximum absolute atomic E-state index is 9.02. The molecule has 3 atom stereocenters. The fraction of sp³-hybridized carbons (Fsp3) is 0.308. The Morgan fingerprint density at radius 2 is 0.750 bits per heavy atom. The first-order chi connectivity index (χ1) is 15.2. The first kappa shape index (κ1) is 29.9. The average molecular weight is 476 g/mol. The smallest absolute Gasteiger partial charge is 0.0761 e. The summed E-state index contributed by atoms with van der Waals surface area (Å²) in [7, 11) is 3.75. The molecule has 0 radical (unpaired) electrons. The number of benzene rings is 3. The molecule has 3 aromatic carbocycles. The second kappa shape index (κ2) is 18.5. The Balaban J connectivity index is 0.000000410. The van der Waals surface area contributed by atoms with Crippen LogP contribution in [-0.4, -0.2) is 34.4 Å². The van der Waals surface area contributed by atoms with Crippen molar-refractivity contribution in [2.75, 3.05) is 14.1 Å². The van der Waals surface area contributed by atoms with Crippen molar-refractivity contribution in [1.29, 1.82) is 0 Å². The molecule has 0 aliphatic heterocycles. The Bertz CT molecular complexity index is 709. The van der Waals surface area contributed by atoms with Crippen LogP contribution < -0.4 is 0 Å². The molecule has 6 heteroatoms. The van der Waals surface area contributed by atoms with E-state index >= 15 is 0 Å². The van der Waals surface area contributed by atoms with E-state index in [9.17, 15) is 0 Å². The summed E-state index contributed by atoms with van der Waals surface area (Å²) in [5.41, 5.74) is 2.91. The predicted octanol–water partition coefficient (Wildman–Crippen LogP) is 5.41. The van der Waals surface area contributed by atoms with E-state index in [0.717, 1.165) is 16.7 Å². The van der Waals surface area contributed by atoms with Crippen LogP contribution in [0.5, 0.6) is 0 Å². The maximum Gasteiger partial charge on any atom is 0.0761 e. The van der Waals surface area contributed by atoms with Gasteiger partial charge in [-0.25, -0.2) is 0 Å². The van der Waals surface area contributed by atoms with Crippen molar-refractivity contribution in [2.24, 2.45) is 3.90 Å². The number of nitrogens with zero attached hydrogens (tertiary/aromatic N) is 2. The number of hydrogen-bond acceptors (Lipinski definition) is 5. The predicted molar refractivity (Wildman–Crippen MR) is 127 cm³/mol. The number of rotatable bonds is 4. The first-order valence-electron chi connectivity index (χ1n) is 10.4. The van der Waals surface area contributed by atoms with Gasteiger partial charge in [0.25, 0.3) is 0 Å². The second-order valence-corrected chi connectivity index (χ2v) is 7.48. The quantitative estimate of drug-likeness (QED) is 0.441. The fourth-order valence-corrected chi connectivity index (χ4v) is 2.19. The molecule has 0 aliphatic rings. The molecular formula is C26H36N2O3V. The van der Waals surface area contributed by atoms with E-state index in [4.69, 9.17) is 15.3 Å². The minimum Gasteiger partial charge on any atom is -0.389 e. The van der Waals surface area contributed by atoms with Gasteiger partial charge in [-0.2, -0.15) is 0 Å². The summed E-state index contributed by atoms with van der Waals surface area (Å²) in [6.45, 7) is 5.28. The zero-order valence-corrected chi connectivity index (χ0v) is 21.0. The van der Waals surface area contributed by atoms with Gasteiger partial charge in [-0.15, -0.1) is 0 Å². The van der Waals surface area contributed by atoms with Gasteiger partial charge in [-0.3, -0.25) is 0 Å². The normalized spacial score (nSPS) is 12.4. The molecule has 3 N–H and O–H groups in total. The third-order valence-corrected chi connectivity index (χ3v) is 4.58.